The lowest BCUT2D eigenvalue weighted by Crippen LogP contribution is -2.61. The Morgan fingerprint density at radius 1 is 0.796 bits per heavy atom. The third kappa shape index (κ3) is 8.51. The van der Waals surface area contributed by atoms with Crippen LogP contribution in [0.1, 0.15) is 67.3 Å². The minimum absolute atomic E-state index is 0.0364. The molecule has 2 bridgehead atoms. The van der Waals surface area contributed by atoms with Gasteiger partial charge in [-0.25, -0.2) is 4.79 Å². The number of halogens is 6. The van der Waals surface area contributed by atoms with Crippen LogP contribution in [-0.2, 0) is 20.3 Å². The van der Waals surface area contributed by atoms with E-state index < -0.39 is 47.3 Å². The lowest BCUT2D eigenvalue weighted by atomic mass is 9.93. The number of carboxylic acids is 1. The number of benzene rings is 4. The molecule has 4 aromatic carbocycles. The maximum absolute atomic E-state index is 16.6. The summed E-state index contributed by atoms with van der Waals surface area (Å²) in [5.74, 6) is -9.02. The van der Waals surface area contributed by atoms with Gasteiger partial charge < -0.3 is 25.8 Å². The number of carbonyl (C=O) groups excluding carboxylic acids is 3. The molecule has 3 fully saturated rings. The van der Waals surface area contributed by atoms with Gasteiger partial charge in [-0.15, -0.1) is 0 Å². The summed E-state index contributed by atoms with van der Waals surface area (Å²) >= 11 is 3.40. The molecule has 0 spiro atoms. The topological polar surface area (TPSA) is 139 Å². The van der Waals surface area contributed by atoms with Crippen molar-refractivity contribution in [2.45, 2.75) is 93.7 Å². The summed E-state index contributed by atoms with van der Waals surface area (Å²) in [7, 11) is 0. The first-order valence-corrected chi connectivity index (χ1v) is 18.3. The maximum atomic E-state index is 16.6. The van der Waals surface area contributed by atoms with E-state index in [2.05, 4.69) is 21.2 Å². The lowest BCUT2D eigenvalue weighted by Gasteiger charge is -2.41. The molecule has 15 heteroatoms. The van der Waals surface area contributed by atoms with Crippen molar-refractivity contribution in [2.75, 3.05) is 0 Å². The zero-order valence-corrected chi connectivity index (χ0v) is 30.3. The van der Waals surface area contributed by atoms with Gasteiger partial charge in [0.1, 0.15) is 5.75 Å². The summed E-state index contributed by atoms with van der Waals surface area (Å²) in [4.78, 5) is 51.4. The summed E-state index contributed by atoms with van der Waals surface area (Å²) in [6.45, 7) is 0. The number of rotatable bonds is 8. The first-order valence-electron chi connectivity index (χ1n) is 17.5. The number of nitrogens with one attached hydrogen (secondary N) is 1. The molecule has 1 saturated carbocycles. The highest BCUT2D eigenvalue weighted by molar-refractivity contribution is 9.10. The number of alkyl halides is 5. The van der Waals surface area contributed by atoms with Gasteiger partial charge in [-0.1, -0.05) is 52.3 Å². The van der Waals surface area contributed by atoms with Crippen LogP contribution in [0.2, 0.25) is 0 Å². The van der Waals surface area contributed by atoms with Gasteiger partial charge in [-0.3, -0.25) is 14.4 Å². The third-order valence-electron chi connectivity index (χ3n) is 10.2. The van der Waals surface area contributed by atoms with E-state index in [9.17, 15) is 27.6 Å². The first-order chi connectivity index (χ1) is 25.5. The quantitative estimate of drug-likeness (QED) is 0.0944. The van der Waals surface area contributed by atoms with Crippen molar-refractivity contribution in [2.24, 2.45) is 5.73 Å². The molecule has 2 saturated heterocycles. The van der Waals surface area contributed by atoms with E-state index in [0.717, 1.165) is 46.7 Å². The summed E-state index contributed by atoms with van der Waals surface area (Å²) in [5, 5.41) is 12.1. The Kier molecular flexibility index (Phi) is 11.3. The minimum atomic E-state index is -5.08. The van der Waals surface area contributed by atoms with Gasteiger partial charge in [0.15, 0.2) is 6.04 Å². The van der Waals surface area contributed by atoms with Crippen molar-refractivity contribution < 1.29 is 51.0 Å². The molecule has 7 rings (SSSR count). The first kappa shape index (κ1) is 39.1. The molecular weight excluding hydrogens is 781 g/mol. The SMILES string of the molecule is NC1CC2CCC(C1)N2C(=O)[C@H](NC(=O)C(=O)c1ccc2cc(OC3CCCC3)ccc2c1)C(F)(F)c1ccc2cc(Br)ccc2c1.O=C(O)C(F)(F)F. The highest BCUT2D eigenvalue weighted by Gasteiger charge is 2.53. The standard InChI is InChI=1S/C37H36BrF2N3O4.C2HF3O2/c38-27-11-8-22-16-26(10-7-23(22)17-27)37(39,40)34(36(46)43-29-12-13-30(43)20-28(41)19-29)42-35(45)33(44)25-6-5-24-18-32(14-9-21(24)15-25)47-31-3-1-2-4-31;3-2(4,5)1(6)7/h5-11,14-18,28-31,34H,1-4,12-13,19-20,41H2,(H,42,45);(H,6,7)/t28?,29?,30?,34-;/m0./s1. The van der Waals surface area contributed by atoms with Crippen molar-refractivity contribution in [1.82, 2.24) is 10.2 Å². The summed E-state index contributed by atoms with van der Waals surface area (Å²) in [6, 6.07) is 16.7. The van der Waals surface area contributed by atoms with Gasteiger partial charge in [0.05, 0.1) is 6.10 Å². The molecular formula is C39H37BrF5N3O6. The fraction of sp³-hybridized carbons (Fsp3) is 0.385. The van der Waals surface area contributed by atoms with Crippen molar-refractivity contribution in [3.05, 3.63) is 88.4 Å². The molecule has 2 unspecified atom stereocenters. The van der Waals surface area contributed by atoms with Gasteiger partial charge in [0.2, 0.25) is 5.78 Å². The van der Waals surface area contributed by atoms with Gasteiger partial charge in [0, 0.05) is 33.7 Å². The van der Waals surface area contributed by atoms with Crippen LogP contribution < -0.4 is 15.8 Å². The van der Waals surface area contributed by atoms with Crippen LogP contribution in [-0.4, -0.2) is 70.0 Å². The Hall–Kier alpha value is -4.63. The number of amides is 2. The number of Topliss-reactive ketones (excluding diaryl/α,β-unsaturated/α-hetero) is 1. The molecule has 9 nitrogen and oxygen atoms in total. The largest absolute Gasteiger partial charge is 0.490 e. The van der Waals surface area contributed by atoms with E-state index >= 15 is 8.78 Å². The number of nitrogens with two attached hydrogens (primary N) is 1. The molecule has 3 aliphatic rings. The minimum Gasteiger partial charge on any atom is -0.490 e. The Balaban J connectivity index is 0.000000649. The van der Waals surface area contributed by atoms with Crippen LogP contribution in [0, 0.1) is 0 Å². The Bertz CT molecular complexity index is 2080. The number of aliphatic carboxylic acids is 1. The Labute approximate surface area is 315 Å². The van der Waals surface area contributed by atoms with Crippen LogP contribution >= 0.6 is 15.9 Å². The van der Waals surface area contributed by atoms with Crippen LogP contribution in [0.25, 0.3) is 21.5 Å². The maximum Gasteiger partial charge on any atom is 0.490 e. The molecule has 0 aromatic heterocycles. The van der Waals surface area contributed by atoms with E-state index in [1.165, 1.54) is 23.1 Å². The highest BCUT2D eigenvalue weighted by atomic mass is 79.9. The van der Waals surface area contributed by atoms with Crippen LogP contribution in [0.5, 0.6) is 5.75 Å². The second kappa shape index (κ2) is 15.6. The number of hydrogen-bond acceptors (Lipinski definition) is 6. The molecule has 3 atom stereocenters. The van der Waals surface area contributed by atoms with Crippen molar-refractivity contribution in [3.8, 4) is 5.75 Å². The zero-order valence-electron chi connectivity index (χ0n) is 28.8. The van der Waals surface area contributed by atoms with Gasteiger partial charge in [0.25, 0.3) is 11.8 Å². The molecule has 54 heavy (non-hydrogen) atoms. The molecule has 2 amide bonds. The summed E-state index contributed by atoms with van der Waals surface area (Å²) in [5.41, 5.74) is 5.80. The van der Waals surface area contributed by atoms with Crippen LogP contribution in [0.3, 0.4) is 0 Å². The van der Waals surface area contributed by atoms with Crippen molar-refractivity contribution >= 4 is 61.0 Å². The average Bonchev–Trinajstić information content (AvgIpc) is 3.74. The van der Waals surface area contributed by atoms with E-state index in [1.807, 2.05) is 24.3 Å². The number of hydrogen-bond donors (Lipinski definition) is 3. The monoisotopic (exact) mass is 817 g/mol. The van der Waals surface area contributed by atoms with Crippen molar-refractivity contribution in [3.63, 3.8) is 0 Å². The number of ketones is 1. The van der Waals surface area contributed by atoms with Crippen LogP contribution in [0.4, 0.5) is 22.0 Å². The lowest BCUT2D eigenvalue weighted by molar-refractivity contribution is -0.192. The summed E-state index contributed by atoms with van der Waals surface area (Å²) in [6.07, 6.45) is 1.78. The van der Waals surface area contributed by atoms with E-state index in [1.54, 1.807) is 30.3 Å². The Morgan fingerprint density at radius 3 is 2.00 bits per heavy atom. The third-order valence-corrected chi connectivity index (χ3v) is 10.7. The zero-order chi connectivity index (χ0) is 38.9. The number of fused-ring (bicyclic) bond motifs is 4. The van der Waals surface area contributed by atoms with Gasteiger partial charge in [-0.2, -0.15) is 22.0 Å². The normalized spacial score (nSPS) is 20.6. The molecule has 4 N–H and O–H groups in total. The highest BCUT2D eigenvalue weighted by Crippen LogP contribution is 2.40. The molecule has 4 aromatic rings. The van der Waals surface area contributed by atoms with E-state index in [0.29, 0.717) is 36.5 Å². The average molecular weight is 819 g/mol. The molecule has 2 heterocycles. The number of piperidine rings is 1. The molecule has 2 aliphatic heterocycles. The predicted molar refractivity (Wildman–Crippen MR) is 193 cm³/mol. The summed E-state index contributed by atoms with van der Waals surface area (Å²) < 4.78 is 71.8. The molecule has 0 radical (unpaired) electrons. The second-order valence-corrected chi connectivity index (χ2v) is 14.9. The molecule has 286 valence electrons. The fourth-order valence-corrected chi connectivity index (χ4v) is 7.97. The Morgan fingerprint density at radius 2 is 1.35 bits per heavy atom. The number of nitrogens with zero attached hydrogens (tertiary/aromatic N) is 1. The van der Waals surface area contributed by atoms with E-state index in [4.69, 9.17) is 20.4 Å². The number of carbonyl (C=O) groups is 4. The number of carboxylic acid groups (broad SMARTS) is 1. The van der Waals surface area contributed by atoms with E-state index in [-0.39, 0.29) is 29.8 Å². The fourth-order valence-electron chi connectivity index (χ4n) is 7.59. The van der Waals surface area contributed by atoms with Crippen LogP contribution in [0.15, 0.2) is 77.3 Å². The number of ether oxygens (including phenoxy) is 1. The molecule has 1 aliphatic carbocycles. The smallest absolute Gasteiger partial charge is 0.490 e. The van der Waals surface area contributed by atoms with Gasteiger partial charge in [-0.05, 0) is 109 Å². The predicted octanol–water partition coefficient (Wildman–Crippen LogP) is 7.65. The van der Waals surface area contributed by atoms with Gasteiger partial charge >= 0.3 is 18.1 Å². The van der Waals surface area contributed by atoms with Crippen molar-refractivity contribution in [1.29, 1.82) is 0 Å². The second-order valence-electron chi connectivity index (χ2n) is 14.0.